The molecule has 0 aliphatic carbocycles. The third-order valence-electron chi connectivity index (χ3n) is 3.38. The van der Waals surface area contributed by atoms with E-state index in [0.29, 0.717) is 21.1 Å². The fourth-order valence-corrected chi connectivity index (χ4v) is 2.88. The lowest BCUT2D eigenvalue weighted by atomic mass is 10.1. The molecule has 1 aliphatic heterocycles. The Kier molecular flexibility index (Phi) is 3.83. The van der Waals surface area contributed by atoms with Crippen LogP contribution < -0.4 is 0 Å². The molecule has 1 fully saturated rings. The van der Waals surface area contributed by atoms with Crippen LogP contribution in [-0.4, -0.2) is 44.0 Å². The summed E-state index contributed by atoms with van der Waals surface area (Å²) in [5.74, 6) is 0.0912. The summed E-state index contributed by atoms with van der Waals surface area (Å²) in [4.78, 5) is 4.19. The van der Waals surface area contributed by atoms with Crippen molar-refractivity contribution in [2.24, 2.45) is 0 Å². The molecule has 4 atom stereocenters. The molecule has 1 aromatic heterocycles. The first kappa shape index (κ1) is 14.4. The van der Waals surface area contributed by atoms with Crippen molar-refractivity contribution < 1.29 is 14.9 Å². The van der Waals surface area contributed by atoms with Crippen LogP contribution in [0.3, 0.4) is 0 Å². The minimum atomic E-state index is -1.09. The normalized spacial score (nSPS) is 30.2. The van der Waals surface area contributed by atoms with Crippen LogP contribution in [0, 0.1) is 0 Å². The van der Waals surface area contributed by atoms with E-state index in [9.17, 15) is 10.2 Å². The second-order valence-electron chi connectivity index (χ2n) is 4.61. The summed E-state index contributed by atoms with van der Waals surface area (Å²) in [7, 11) is 0. The Morgan fingerprint density at radius 3 is 2.55 bits per heavy atom. The number of hydrogen-bond acceptors (Lipinski definition) is 4. The quantitative estimate of drug-likeness (QED) is 0.825. The summed E-state index contributed by atoms with van der Waals surface area (Å²) in [6, 6.07) is 3.27. The smallest absolute Gasteiger partial charge is 0.164 e. The van der Waals surface area contributed by atoms with Crippen LogP contribution in [0.5, 0.6) is 0 Å². The van der Waals surface area contributed by atoms with Crippen LogP contribution in [0.15, 0.2) is 18.5 Å². The number of halogens is 3. The second kappa shape index (κ2) is 5.33. The molecule has 1 saturated heterocycles. The van der Waals surface area contributed by atoms with Gasteiger partial charge in [0.25, 0.3) is 0 Å². The highest BCUT2D eigenvalue weighted by molar-refractivity contribution is 6.42. The van der Waals surface area contributed by atoms with E-state index in [2.05, 4.69) is 4.98 Å². The van der Waals surface area contributed by atoms with Crippen molar-refractivity contribution in [3.8, 4) is 0 Å². The van der Waals surface area contributed by atoms with Crippen molar-refractivity contribution in [1.82, 2.24) is 9.55 Å². The molecule has 0 spiro atoms. The second-order valence-corrected chi connectivity index (χ2v) is 5.73. The minimum absolute atomic E-state index is 0.0912. The molecule has 0 unspecified atom stereocenters. The first-order chi connectivity index (χ1) is 9.52. The molecule has 0 saturated carbocycles. The molecule has 0 bridgehead atoms. The van der Waals surface area contributed by atoms with Gasteiger partial charge in [-0.15, -0.1) is 11.6 Å². The van der Waals surface area contributed by atoms with Crippen molar-refractivity contribution in [2.75, 3.05) is 5.88 Å². The highest BCUT2D eigenvalue weighted by Gasteiger charge is 2.43. The molecule has 8 heteroatoms. The molecular formula is C12H11Cl3N2O3. The van der Waals surface area contributed by atoms with Crippen LogP contribution in [0.4, 0.5) is 0 Å². The van der Waals surface area contributed by atoms with Crippen molar-refractivity contribution in [3.05, 3.63) is 28.5 Å². The number of benzene rings is 1. The van der Waals surface area contributed by atoms with Gasteiger partial charge in [0.2, 0.25) is 0 Å². The minimum Gasteiger partial charge on any atom is -0.387 e. The number of fused-ring (bicyclic) bond motifs is 1. The number of alkyl halides is 1. The Bertz CT molecular complexity index is 648. The number of nitrogens with zero attached hydrogens (tertiary/aromatic N) is 2. The lowest BCUT2D eigenvalue weighted by Gasteiger charge is -2.17. The topological polar surface area (TPSA) is 67.5 Å². The lowest BCUT2D eigenvalue weighted by molar-refractivity contribution is -0.0288. The average Bonchev–Trinajstić information content (AvgIpc) is 2.94. The zero-order valence-electron chi connectivity index (χ0n) is 10.1. The number of rotatable bonds is 2. The molecule has 20 heavy (non-hydrogen) atoms. The van der Waals surface area contributed by atoms with E-state index < -0.39 is 24.5 Å². The van der Waals surface area contributed by atoms with E-state index in [0.717, 1.165) is 0 Å². The average molecular weight is 338 g/mol. The zero-order chi connectivity index (χ0) is 14.4. The predicted octanol–water partition coefficient (Wildman–Crippen LogP) is 2.20. The largest absolute Gasteiger partial charge is 0.387 e. The number of aromatic nitrogens is 2. The predicted molar refractivity (Wildman–Crippen MR) is 76.4 cm³/mol. The van der Waals surface area contributed by atoms with E-state index in [4.69, 9.17) is 39.5 Å². The van der Waals surface area contributed by atoms with Crippen LogP contribution in [0.2, 0.25) is 10.0 Å². The summed E-state index contributed by atoms with van der Waals surface area (Å²) >= 11 is 17.6. The van der Waals surface area contributed by atoms with E-state index in [-0.39, 0.29) is 5.88 Å². The Balaban J connectivity index is 2.05. The highest BCUT2D eigenvalue weighted by atomic mass is 35.5. The Morgan fingerprint density at radius 1 is 1.20 bits per heavy atom. The van der Waals surface area contributed by atoms with Gasteiger partial charge in [0.05, 0.1) is 33.3 Å². The molecule has 3 rings (SSSR count). The van der Waals surface area contributed by atoms with Crippen LogP contribution in [0.1, 0.15) is 6.23 Å². The molecular weight excluding hydrogens is 327 g/mol. The van der Waals surface area contributed by atoms with Gasteiger partial charge in [-0.25, -0.2) is 4.98 Å². The number of imidazole rings is 1. The molecule has 0 amide bonds. The maximum Gasteiger partial charge on any atom is 0.164 e. The molecule has 2 aromatic rings. The van der Waals surface area contributed by atoms with Gasteiger partial charge in [0, 0.05) is 0 Å². The lowest BCUT2D eigenvalue weighted by Crippen LogP contribution is -2.32. The van der Waals surface area contributed by atoms with Gasteiger partial charge in [-0.1, -0.05) is 23.2 Å². The molecule has 1 aromatic carbocycles. The Hall–Kier alpha value is -0.560. The first-order valence-electron chi connectivity index (χ1n) is 5.92. The third kappa shape index (κ3) is 2.19. The number of aliphatic hydroxyl groups is 2. The van der Waals surface area contributed by atoms with E-state index in [1.807, 2.05) is 0 Å². The van der Waals surface area contributed by atoms with Gasteiger partial charge in [0.1, 0.15) is 18.3 Å². The maximum absolute atomic E-state index is 10.1. The number of aliphatic hydroxyl groups excluding tert-OH is 2. The van der Waals surface area contributed by atoms with Gasteiger partial charge in [0.15, 0.2) is 6.23 Å². The van der Waals surface area contributed by atoms with Crippen molar-refractivity contribution in [1.29, 1.82) is 0 Å². The van der Waals surface area contributed by atoms with E-state index in [1.165, 1.54) is 6.33 Å². The summed E-state index contributed by atoms with van der Waals surface area (Å²) in [5.41, 5.74) is 1.28. The molecule has 2 N–H and O–H groups in total. The molecule has 1 aliphatic rings. The van der Waals surface area contributed by atoms with Gasteiger partial charge >= 0.3 is 0 Å². The highest BCUT2D eigenvalue weighted by Crippen LogP contribution is 2.34. The van der Waals surface area contributed by atoms with Gasteiger partial charge in [-0.3, -0.25) is 0 Å². The molecule has 0 radical (unpaired) electrons. The fourth-order valence-electron chi connectivity index (χ4n) is 2.31. The Labute approximate surface area is 129 Å². The van der Waals surface area contributed by atoms with Crippen molar-refractivity contribution in [3.63, 3.8) is 0 Å². The van der Waals surface area contributed by atoms with Crippen LogP contribution >= 0.6 is 34.8 Å². The zero-order valence-corrected chi connectivity index (χ0v) is 12.3. The first-order valence-corrected chi connectivity index (χ1v) is 7.21. The molecule has 5 nitrogen and oxygen atoms in total. The van der Waals surface area contributed by atoms with E-state index in [1.54, 1.807) is 16.7 Å². The fraction of sp³-hybridized carbons (Fsp3) is 0.417. The van der Waals surface area contributed by atoms with E-state index >= 15 is 0 Å². The van der Waals surface area contributed by atoms with Gasteiger partial charge < -0.3 is 19.5 Å². The van der Waals surface area contributed by atoms with Gasteiger partial charge in [-0.05, 0) is 12.1 Å². The standard InChI is InChI=1S/C12H11Cl3N2O3/c13-3-9-10(18)11(19)12(20-9)17-4-16-7-1-5(14)6(15)2-8(7)17/h1-2,4,9-12,18-19H,3H2/t9-,10-,11-,12-/m1/s1. The SMILES string of the molecule is O[C@@H]1[C@H](O)[C@@H](CCl)O[C@H]1n1cnc2cc(Cl)c(Cl)cc21. The van der Waals surface area contributed by atoms with Gasteiger partial charge in [-0.2, -0.15) is 0 Å². The molecule has 108 valence electrons. The van der Waals surface area contributed by atoms with Crippen molar-refractivity contribution >= 4 is 45.8 Å². The van der Waals surface area contributed by atoms with Crippen molar-refractivity contribution in [2.45, 2.75) is 24.5 Å². The Morgan fingerprint density at radius 2 is 1.90 bits per heavy atom. The van der Waals surface area contributed by atoms with Crippen LogP contribution in [0.25, 0.3) is 11.0 Å². The molecule has 2 heterocycles. The number of ether oxygens (including phenoxy) is 1. The van der Waals surface area contributed by atoms with Crippen LogP contribution in [-0.2, 0) is 4.74 Å². The summed E-state index contributed by atoms with van der Waals surface area (Å²) in [6.45, 7) is 0. The summed E-state index contributed by atoms with van der Waals surface area (Å²) in [6.07, 6.45) is -2.02. The summed E-state index contributed by atoms with van der Waals surface area (Å²) < 4.78 is 7.18. The number of hydrogen-bond donors (Lipinski definition) is 2. The summed E-state index contributed by atoms with van der Waals surface area (Å²) in [5, 5.41) is 20.7. The monoisotopic (exact) mass is 336 g/mol. The third-order valence-corrected chi connectivity index (χ3v) is 4.41. The maximum atomic E-state index is 10.1.